The molecule has 28 heavy (non-hydrogen) atoms. The van der Waals surface area contributed by atoms with Gasteiger partial charge in [0.25, 0.3) is 0 Å². The Kier molecular flexibility index (Phi) is 5.60. The quantitative estimate of drug-likeness (QED) is 0.615. The van der Waals surface area contributed by atoms with Crippen LogP contribution in [0.3, 0.4) is 0 Å². The molecular weight excluding hydrogens is 356 g/mol. The molecule has 3 saturated heterocycles. The molecule has 0 aromatic carbocycles. The van der Waals surface area contributed by atoms with Gasteiger partial charge in [0.15, 0.2) is 0 Å². The largest absolute Gasteiger partial charge is 0.469 e. The Bertz CT molecular complexity index is 610. The van der Waals surface area contributed by atoms with Crippen molar-refractivity contribution in [2.24, 2.45) is 29.1 Å². The summed E-state index contributed by atoms with van der Waals surface area (Å²) in [7, 11) is 1.43. The minimum atomic E-state index is -0.465. The topological polar surface area (TPSA) is 61.8 Å². The number of rotatable bonds is 7. The number of hydrogen-bond acceptors (Lipinski definition) is 5. The Morgan fingerprint density at radius 1 is 0.929 bits per heavy atom. The van der Waals surface area contributed by atoms with Crippen LogP contribution in [0, 0.1) is 29.1 Å². The lowest BCUT2D eigenvalue weighted by molar-refractivity contribution is -0.152. The van der Waals surface area contributed by atoms with Gasteiger partial charge in [-0.15, -0.1) is 0 Å². The molecule has 4 aliphatic rings. The van der Waals surface area contributed by atoms with E-state index in [4.69, 9.17) is 14.2 Å². The molecule has 0 N–H and O–H groups in total. The second-order valence-corrected chi connectivity index (χ2v) is 9.53. The van der Waals surface area contributed by atoms with Crippen LogP contribution in [0.2, 0.25) is 0 Å². The minimum absolute atomic E-state index is 0.116. The fraction of sp³-hybridized carbons (Fsp3) is 0.913. The molecule has 4 rings (SSSR count). The smallest absolute Gasteiger partial charge is 0.312 e. The van der Waals surface area contributed by atoms with Crippen LogP contribution in [0.4, 0.5) is 0 Å². The number of methoxy groups -OCH3 is 1. The summed E-state index contributed by atoms with van der Waals surface area (Å²) in [6.07, 6.45) is 7.96. The van der Waals surface area contributed by atoms with E-state index in [9.17, 15) is 9.59 Å². The van der Waals surface area contributed by atoms with Gasteiger partial charge in [0.2, 0.25) is 0 Å². The molecule has 0 spiro atoms. The average molecular weight is 393 g/mol. The van der Waals surface area contributed by atoms with E-state index in [0.717, 1.165) is 32.1 Å². The van der Waals surface area contributed by atoms with Crippen LogP contribution >= 0.6 is 0 Å². The molecule has 8 atom stereocenters. The molecule has 5 nitrogen and oxygen atoms in total. The van der Waals surface area contributed by atoms with Gasteiger partial charge < -0.3 is 14.2 Å². The first-order chi connectivity index (χ1) is 13.5. The maximum Gasteiger partial charge on any atom is 0.312 e. The number of carbonyl (C=O) groups is 2. The standard InChI is InChI=1S/C23H36O5/c1-5-14-17-18(15(6-2)27-14)21-19(22(25)26-4)16(20(17)28-21)13(24)12-23(7-3)10-8-9-11-23/h14-21H,5-12H2,1-4H3. The molecule has 0 amide bonds. The third-order valence-corrected chi connectivity index (χ3v) is 8.43. The first-order valence-electron chi connectivity index (χ1n) is 11.4. The lowest BCUT2D eigenvalue weighted by Gasteiger charge is -2.36. The fourth-order valence-corrected chi connectivity index (χ4v) is 6.99. The maximum absolute atomic E-state index is 13.6. The molecular formula is C23H36O5. The number of ketones is 1. The molecule has 0 aromatic rings. The predicted molar refractivity (Wildman–Crippen MR) is 105 cm³/mol. The molecule has 158 valence electrons. The van der Waals surface area contributed by atoms with Crippen molar-refractivity contribution in [2.45, 2.75) is 96.6 Å². The molecule has 1 aliphatic carbocycles. The molecule has 4 fully saturated rings. The number of ether oxygens (including phenoxy) is 3. The van der Waals surface area contributed by atoms with Gasteiger partial charge in [0, 0.05) is 18.3 Å². The van der Waals surface area contributed by atoms with E-state index in [1.165, 1.54) is 20.0 Å². The van der Waals surface area contributed by atoms with E-state index >= 15 is 0 Å². The second-order valence-electron chi connectivity index (χ2n) is 9.53. The Morgan fingerprint density at radius 2 is 1.50 bits per heavy atom. The van der Waals surface area contributed by atoms with Crippen LogP contribution in [-0.4, -0.2) is 43.3 Å². The van der Waals surface area contributed by atoms with E-state index in [2.05, 4.69) is 20.8 Å². The molecule has 1 saturated carbocycles. The zero-order valence-electron chi connectivity index (χ0n) is 17.8. The highest BCUT2D eigenvalue weighted by molar-refractivity contribution is 5.89. The summed E-state index contributed by atoms with van der Waals surface area (Å²) in [5.74, 6) is -0.449. The van der Waals surface area contributed by atoms with E-state index in [-0.39, 0.29) is 59.3 Å². The first-order valence-corrected chi connectivity index (χ1v) is 11.4. The summed E-state index contributed by atoms with van der Waals surface area (Å²) in [6, 6.07) is 0. The van der Waals surface area contributed by atoms with Crippen LogP contribution in [0.1, 0.15) is 72.1 Å². The van der Waals surface area contributed by atoms with Crippen molar-refractivity contribution in [1.29, 1.82) is 0 Å². The Balaban J connectivity index is 1.62. The minimum Gasteiger partial charge on any atom is -0.469 e. The average Bonchev–Trinajstić information content (AvgIpc) is 3.46. The van der Waals surface area contributed by atoms with Gasteiger partial charge in [-0.25, -0.2) is 0 Å². The van der Waals surface area contributed by atoms with Gasteiger partial charge in [-0.1, -0.05) is 40.0 Å². The highest BCUT2D eigenvalue weighted by Gasteiger charge is 2.69. The summed E-state index contributed by atoms with van der Waals surface area (Å²) in [4.78, 5) is 26.3. The second kappa shape index (κ2) is 7.71. The summed E-state index contributed by atoms with van der Waals surface area (Å²) < 4.78 is 17.9. The molecule has 5 heteroatoms. The van der Waals surface area contributed by atoms with Crippen molar-refractivity contribution in [3.8, 4) is 0 Å². The van der Waals surface area contributed by atoms with E-state index in [1.54, 1.807) is 0 Å². The predicted octanol–water partition coefficient (Wildman–Crippen LogP) is 3.92. The molecule has 0 aromatic heterocycles. The van der Waals surface area contributed by atoms with Crippen molar-refractivity contribution < 1.29 is 23.8 Å². The van der Waals surface area contributed by atoms with E-state index in [1.807, 2.05) is 0 Å². The van der Waals surface area contributed by atoms with Crippen LogP contribution < -0.4 is 0 Å². The zero-order valence-corrected chi connectivity index (χ0v) is 17.8. The number of esters is 1. The number of carbonyl (C=O) groups excluding carboxylic acids is 2. The maximum atomic E-state index is 13.6. The van der Waals surface area contributed by atoms with Crippen molar-refractivity contribution in [3.63, 3.8) is 0 Å². The summed E-state index contributed by atoms with van der Waals surface area (Å²) >= 11 is 0. The van der Waals surface area contributed by atoms with Crippen molar-refractivity contribution in [3.05, 3.63) is 0 Å². The Hall–Kier alpha value is -0.940. The van der Waals surface area contributed by atoms with Crippen LogP contribution in [0.5, 0.6) is 0 Å². The molecule has 0 radical (unpaired) electrons. The SMILES string of the molecule is CCC1OC(CC)C2C3OC(C(C(=O)CC4(CC)CCCC4)C3C(=O)OC)C12. The third-order valence-electron chi connectivity index (χ3n) is 8.43. The van der Waals surface area contributed by atoms with Gasteiger partial charge in [-0.05, 0) is 31.1 Å². The number of fused-ring (bicyclic) bond motifs is 5. The Morgan fingerprint density at radius 3 is 2.00 bits per heavy atom. The molecule has 3 aliphatic heterocycles. The summed E-state index contributed by atoms with van der Waals surface area (Å²) in [5, 5.41) is 0. The molecule has 8 unspecified atom stereocenters. The summed E-state index contributed by atoms with van der Waals surface area (Å²) in [6.45, 7) is 6.48. The van der Waals surface area contributed by atoms with Gasteiger partial charge in [-0.2, -0.15) is 0 Å². The van der Waals surface area contributed by atoms with E-state index < -0.39 is 5.92 Å². The van der Waals surface area contributed by atoms with Crippen LogP contribution in [0.25, 0.3) is 0 Å². The monoisotopic (exact) mass is 392 g/mol. The van der Waals surface area contributed by atoms with Gasteiger partial charge >= 0.3 is 5.97 Å². The first kappa shape index (κ1) is 20.3. The fourth-order valence-electron chi connectivity index (χ4n) is 6.99. The normalized spacial score (nSPS) is 43.3. The van der Waals surface area contributed by atoms with Crippen molar-refractivity contribution in [2.75, 3.05) is 7.11 Å². The molecule has 3 heterocycles. The molecule has 2 bridgehead atoms. The van der Waals surface area contributed by atoms with Crippen molar-refractivity contribution in [1.82, 2.24) is 0 Å². The van der Waals surface area contributed by atoms with Crippen LogP contribution in [-0.2, 0) is 23.8 Å². The highest BCUT2D eigenvalue weighted by Crippen LogP contribution is 2.59. The van der Waals surface area contributed by atoms with Crippen molar-refractivity contribution >= 4 is 11.8 Å². The van der Waals surface area contributed by atoms with Gasteiger partial charge in [0.05, 0.1) is 43.4 Å². The van der Waals surface area contributed by atoms with Crippen LogP contribution in [0.15, 0.2) is 0 Å². The highest BCUT2D eigenvalue weighted by atomic mass is 16.6. The lowest BCUT2D eigenvalue weighted by atomic mass is 9.63. The van der Waals surface area contributed by atoms with Gasteiger partial charge in [-0.3, -0.25) is 9.59 Å². The number of Topliss-reactive ketones (excluding diaryl/α,β-unsaturated/α-hetero) is 1. The third kappa shape index (κ3) is 2.96. The lowest BCUT2D eigenvalue weighted by Crippen LogP contribution is -2.49. The Labute approximate surface area is 168 Å². The van der Waals surface area contributed by atoms with E-state index in [0.29, 0.717) is 6.42 Å². The zero-order chi connectivity index (χ0) is 20.1. The summed E-state index contributed by atoms with van der Waals surface area (Å²) in [5.41, 5.74) is 0.126. The van der Waals surface area contributed by atoms with Gasteiger partial charge in [0.1, 0.15) is 5.78 Å². The number of hydrogen-bond donors (Lipinski definition) is 0.